The molecule has 1 rings (SSSR count). The summed E-state index contributed by atoms with van der Waals surface area (Å²) in [6.07, 6.45) is 4.14. The van der Waals surface area contributed by atoms with Crippen molar-refractivity contribution in [1.29, 1.82) is 0 Å². The number of nitrogens with zero attached hydrogens (tertiary/aromatic N) is 1. The molecule has 3 N–H and O–H groups in total. The van der Waals surface area contributed by atoms with Gasteiger partial charge in [0, 0.05) is 0 Å². The standard InChI is InChI=1S/C10H14ClN3OS/c1-16-5-4-8(12)10(15)14-7-2-3-9(11)13-6-7/h2-3,6,8H,4-5,12H2,1H3,(H,14,15)/t8-/m0/s1. The number of nitrogens with two attached hydrogens (primary N) is 1. The molecule has 0 saturated carbocycles. The van der Waals surface area contributed by atoms with Gasteiger partial charge in [0.15, 0.2) is 0 Å². The molecule has 0 fully saturated rings. The van der Waals surface area contributed by atoms with Crippen molar-refractivity contribution in [3.63, 3.8) is 0 Å². The molecule has 1 aromatic heterocycles. The first-order valence-corrected chi connectivity index (χ1v) is 6.57. The van der Waals surface area contributed by atoms with Crippen LogP contribution in [0.25, 0.3) is 0 Å². The Labute approximate surface area is 104 Å². The Morgan fingerprint density at radius 2 is 2.44 bits per heavy atom. The van der Waals surface area contributed by atoms with E-state index in [1.54, 1.807) is 23.9 Å². The second-order valence-corrected chi connectivity index (χ2v) is 4.62. The molecule has 0 saturated heterocycles. The fraction of sp³-hybridized carbons (Fsp3) is 0.400. The number of halogens is 1. The zero-order valence-electron chi connectivity index (χ0n) is 8.94. The van der Waals surface area contributed by atoms with E-state index in [1.807, 2.05) is 6.26 Å². The third kappa shape index (κ3) is 4.38. The van der Waals surface area contributed by atoms with Gasteiger partial charge in [-0.1, -0.05) is 11.6 Å². The molecule has 0 aliphatic carbocycles. The third-order valence-corrected chi connectivity index (χ3v) is 2.83. The lowest BCUT2D eigenvalue weighted by atomic mass is 10.2. The van der Waals surface area contributed by atoms with Crippen LogP contribution in [0.1, 0.15) is 6.42 Å². The number of nitrogens with one attached hydrogen (secondary N) is 1. The molecule has 1 aromatic rings. The maximum absolute atomic E-state index is 11.6. The Morgan fingerprint density at radius 3 is 3.00 bits per heavy atom. The van der Waals surface area contributed by atoms with Gasteiger partial charge >= 0.3 is 0 Å². The van der Waals surface area contributed by atoms with Crippen LogP contribution in [0, 0.1) is 0 Å². The molecule has 1 amide bonds. The smallest absolute Gasteiger partial charge is 0.241 e. The van der Waals surface area contributed by atoms with E-state index in [2.05, 4.69) is 10.3 Å². The van der Waals surface area contributed by atoms with Crippen LogP contribution < -0.4 is 11.1 Å². The van der Waals surface area contributed by atoms with E-state index in [4.69, 9.17) is 17.3 Å². The van der Waals surface area contributed by atoms with Gasteiger partial charge in [-0.2, -0.15) is 11.8 Å². The molecule has 16 heavy (non-hydrogen) atoms. The monoisotopic (exact) mass is 259 g/mol. The molecule has 1 heterocycles. The molecule has 4 nitrogen and oxygen atoms in total. The van der Waals surface area contributed by atoms with E-state index in [1.165, 1.54) is 6.20 Å². The average Bonchev–Trinajstić information content (AvgIpc) is 2.29. The highest BCUT2D eigenvalue weighted by molar-refractivity contribution is 7.98. The summed E-state index contributed by atoms with van der Waals surface area (Å²) in [6, 6.07) is 2.82. The molecule has 0 radical (unpaired) electrons. The summed E-state index contributed by atoms with van der Waals surface area (Å²) in [4.78, 5) is 15.5. The number of hydrogen-bond donors (Lipinski definition) is 2. The first-order chi connectivity index (χ1) is 7.63. The number of thioether (sulfide) groups is 1. The van der Waals surface area contributed by atoms with E-state index in [9.17, 15) is 4.79 Å². The number of carbonyl (C=O) groups is 1. The summed E-state index contributed by atoms with van der Waals surface area (Å²) in [5.74, 6) is 0.672. The first-order valence-electron chi connectivity index (χ1n) is 4.80. The van der Waals surface area contributed by atoms with Crippen molar-refractivity contribution in [2.24, 2.45) is 5.73 Å². The van der Waals surface area contributed by atoms with Crippen LogP contribution in [0.3, 0.4) is 0 Å². The fourth-order valence-corrected chi connectivity index (χ4v) is 1.66. The molecule has 0 aromatic carbocycles. The molecule has 0 aliphatic heterocycles. The Bertz CT molecular complexity index is 344. The number of pyridine rings is 1. The van der Waals surface area contributed by atoms with Crippen LogP contribution in [-0.2, 0) is 4.79 Å². The quantitative estimate of drug-likeness (QED) is 0.791. The molecule has 0 spiro atoms. The highest BCUT2D eigenvalue weighted by Gasteiger charge is 2.12. The maximum atomic E-state index is 11.6. The molecular formula is C10H14ClN3OS. The van der Waals surface area contributed by atoms with Gasteiger partial charge in [-0.05, 0) is 30.6 Å². The SMILES string of the molecule is CSCC[C@H](N)C(=O)Nc1ccc(Cl)nc1. The van der Waals surface area contributed by atoms with Crippen molar-refractivity contribution >= 4 is 35.0 Å². The van der Waals surface area contributed by atoms with Gasteiger partial charge in [-0.15, -0.1) is 0 Å². The molecule has 88 valence electrons. The van der Waals surface area contributed by atoms with Crippen molar-refractivity contribution in [2.75, 3.05) is 17.3 Å². The van der Waals surface area contributed by atoms with Crippen molar-refractivity contribution < 1.29 is 4.79 Å². The second kappa shape index (κ2) is 6.73. The fourth-order valence-electron chi connectivity index (χ4n) is 1.06. The number of aromatic nitrogens is 1. The summed E-state index contributed by atoms with van der Waals surface area (Å²) in [5, 5.41) is 3.08. The normalized spacial score (nSPS) is 12.2. The Kier molecular flexibility index (Phi) is 5.59. The van der Waals surface area contributed by atoms with E-state index in [0.717, 1.165) is 5.75 Å². The van der Waals surface area contributed by atoms with Crippen LogP contribution in [0.15, 0.2) is 18.3 Å². The van der Waals surface area contributed by atoms with Crippen molar-refractivity contribution in [3.05, 3.63) is 23.5 Å². The molecule has 0 unspecified atom stereocenters. The molecule has 0 aliphatic rings. The van der Waals surface area contributed by atoms with Crippen LogP contribution in [0.5, 0.6) is 0 Å². The second-order valence-electron chi connectivity index (χ2n) is 3.25. The first kappa shape index (κ1) is 13.3. The van der Waals surface area contributed by atoms with E-state index in [0.29, 0.717) is 17.3 Å². The highest BCUT2D eigenvalue weighted by Crippen LogP contribution is 2.10. The van der Waals surface area contributed by atoms with Crippen molar-refractivity contribution in [2.45, 2.75) is 12.5 Å². The molecule has 1 atom stereocenters. The Morgan fingerprint density at radius 1 is 1.69 bits per heavy atom. The summed E-state index contributed by atoms with van der Waals surface area (Å²) < 4.78 is 0. The minimum Gasteiger partial charge on any atom is -0.323 e. The summed E-state index contributed by atoms with van der Waals surface area (Å²) in [6.45, 7) is 0. The predicted octanol–water partition coefficient (Wildman–Crippen LogP) is 1.75. The van der Waals surface area contributed by atoms with Gasteiger partial charge in [0.05, 0.1) is 17.9 Å². The number of amides is 1. The summed E-state index contributed by atoms with van der Waals surface area (Å²) >= 11 is 7.29. The van der Waals surface area contributed by atoms with Crippen molar-refractivity contribution in [3.8, 4) is 0 Å². The maximum Gasteiger partial charge on any atom is 0.241 e. The van der Waals surface area contributed by atoms with Gasteiger partial charge in [0.25, 0.3) is 0 Å². The van der Waals surface area contributed by atoms with E-state index < -0.39 is 6.04 Å². The number of rotatable bonds is 5. The summed E-state index contributed by atoms with van der Waals surface area (Å²) in [5.41, 5.74) is 6.31. The van der Waals surface area contributed by atoms with E-state index in [-0.39, 0.29) is 5.91 Å². The minimum absolute atomic E-state index is 0.196. The zero-order valence-corrected chi connectivity index (χ0v) is 10.5. The predicted molar refractivity (Wildman–Crippen MR) is 68.9 cm³/mol. The van der Waals surface area contributed by atoms with Gasteiger partial charge in [-0.3, -0.25) is 4.79 Å². The highest BCUT2D eigenvalue weighted by atomic mass is 35.5. The zero-order chi connectivity index (χ0) is 12.0. The Balaban J connectivity index is 2.47. The van der Waals surface area contributed by atoms with Crippen LogP contribution in [-0.4, -0.2) is 28.9 Å². The number of carbonyl (C=O) groups excluding carboxylic acids is 1. The van der Waals surface area contributed by atoms with Crippen LogP contribution >= 0.6 is 23.4 Å². The minimum atomic E-state index is -0.483. The summed E-state index contributed by atoms with van der Waals surface area (Å²) in [7, 11) is 0. The lowest BCUT2D eigenvalue weighted by Crippen LogP contribution is -2.36. The van der Waals surface area contributed by atoms with Crippen LogP contribution in [0.4, 0.5) is 5.69 Å². The van der Waals surface area contributed by atoms with Gasteiger partial charge in [-0.25, -0.2) is 4.98 Å². The van der Waals surface area contributed by atoms with Gasteiger partial charge in [0.2, 0.25) is 5.91 Å². The molecule has 0 bridgehead atoms. The third-order valence-electron chi connectivity index (χ3n) is 1.96. The average molecular weight is 260 g/mol. The van der Waals surface area contributed by atoms with Crippen LogP contribution in [0.2, 0.25) is 5.15 Å². The lowest BCUT2D eigenvalue weighted by Gasteiger charge is -2.11. The molecular weight excluding hydrogens is 246 g/mol. The molecule has 6 heteroatoms. The lowest BCUT2D eigenvalue weighted by molar-refractivity contribution is -0.117. The van der Waals surface area contributed by atoms with E-state index >= 15 is 0 Å². The largest absolute Gasteiger partial charge is 0.323 e. The van der Waals surface area contributed by atoms with Gasteiger partial charge < -0.3 is 11.1 Å². The number of anilines is 1. The number of hydrogen-bond acceptors (Lipinski definition) is 4. The topological polar surface area (TPSA) is 68.0 Å². The van der Waals surface area contributed by atoms with Gasteiger partial charge in [0.1, 0.15) is 5.15 Å². The Hall–Kier alpha value is -0.780. The van der Waals surface area contributed by atoms with Crippen molar-refractivity contribution in [1.82, 2.24) is 4.98 Å².